The molecule has 118 heavy (non-hydrogen) atoms. The molecule has 3 saturated heterocycles. The number of amides is 2. The number of nitrogens with zero attached hydrogens (tertiary/aromatic N) is 8. The molecule has 22 nitrogen and oxygen atoms in total. The second-order valence-electron chi connectivity index (χ2n) is 31.0. The van der Waals surface area contributed by atoms with E-state index in [1.807, 2.05) is 27.7 Å². The normalized spacial score (nSPS) is 17.7. The highest BCUT2D eigenvalue weighted by molar-refractivity contribution is 7.86. The number of halogens is 9. The average Bonchev–Trinajstić information content (AvgIpc) is 0.778. The Bertz CT molecular complexity index is 5480. The van der Waals surface area contributed by atoms with Crippen molar-refractivity contribution < 1.29 is 85.8 Å². The molecular weight excluding hydrogens is 1570 g/mol. The minimum absolute atomic E-state index is 0.0140. The zero-order valence-corrected chi connectivity index (χ0v) is 67.9. The van der Waals surface area contributed by atoms with Crippen LogP contribution in [0, 0.1) is 41.8 Å². The van der Waals surface area contributed by atoms with Crippen LogP contribution in [0.25, 0.3) is 65.7 Å². The predicted octanol–water partition coefficient (Wildman–Crippen LogP) is 17.0. The van der Waals surface area contributed by atoms with Crippen LogP contribution in [-0.4, -0.2) is 151 Å². The van der Waals surface area contributed by atoms with Crippen molar-refractivity contribution in [2.24, 2.45) is 0 Å². The number of benzene rings is 4. The Balaban J connectivity index is 0.000000169. The van der Waals surface area contributed by atoms with E-state index in [0.717, 1.165) is 80.5 Å². The Morgan fingerprint density at radius 1 is 0.500 bits per heavy atom. The summed E-state index contributed by atoms with van der Waals surface area (Å²) in [6, 6.07) is 17.7. The van der Waals surface area contributed by atoms with Crippen molar-refractivity contribution >= 4 is 54.6 Å². The first-order valence-corrected chi connectivity index (χ1v) is 40.4. The van der Waals surface area contributed by atoms with Gasteiger partial charge in [0.25, 0.3) is 26.8 Å². The monoisotopic (exact) mass is 1670 g/mol. The van der Waals surface area contributed by atoms with E-state index in [9.17, 15) is 68.2 Å². The first-order chi connectivity index (χ1) is 56.0. The number of phenolic OH excluding ortho intramolecular Hbond substituents is 1. The SMILES string of the molecule is CCCCn1cc(-c2cc(F)c(O)c(F)c2)c2ccncc2c1=O.CCCCn1cc(-c2cc(F)c(O[C@@H]3CCN(C(=O)OC(C)(C)C)C[C@H]3F)c(F)c2)c2ccncc2c1=O.CCCCn1cc(-c2cc(F)c(O[C@@H]3CCNC[C@H]3F)c(F)c2)c2ccncc2c1=O.Cc1ccc(S(=O)(=O)O[C@H]2CCN(C(=O)OC(C)(C)C)C[C@H]2F)cc1. The van der Waals surface area contributed by atoms with E-state index < -0.39 is 122 Å². The number of aryl methyl sites for hydroxylation is 4. The van der Waals surface area contributed by atoms with Crippen LogP contribution in [0.1, 0.15) is 126 Å². The number of hydrogen-bond donors (Lipinski definition) is 2. The maximum atomic E-state index is 15.2. The molecule has 0 spiro atoms. The largest absolute Gasteiger partial charge is 0.503 e. The molecule has 32 heteroatoms. The molecule has 6 aromatic heterocycles. The van der Waals surface area contributed by atoms with Gasteiger partial charge in [-0.05, 0) is 187 Å². The summed E-state index contributed by atoms with van der Waals surface area (Å²) in [6.07, 6.45) is 10.2. The summed E-state index contributed by atoms with van der Waals surface area (Å²) in [7, 11) is -4.05. The smallest absolute Gasteiger partial charge is 0.410 e. The topological polar surface area (TPSA) is 258 Å². The number of likely N-dealkylation sites (tertiary alicyclic amines) is 2. The molecular formula is C86H96F9N9O13S. The van der Waals surface area contributed by atoms with Gasteiger partial charge in [0.15, 0.2) is 58.3 Å². The van der Waals surface area contributed by atoms with E-state index in [4.69, 9.17) is 23.1 Å². The van der Waals surface area contributed by atoms with Crippen molar-refractivity contribution in [2.75, 3.05) is 39.3 Å². The first-order valence-electron chi connectivity index (χ1n) is 39.0. The number of alkyl halides is 3. The molecule has 2 N–H and O–H groups in total. The fraction of sp³-hybridized carbons (Fsp3) is 0.419. The maximum absolute atomic E-state index is 15.2. The lowest BCUT2D eigenvalue weighted by molar-refractivity contribution is -0.0123. The first kappa shape index (κ1) is 89.5. The second-order valence-corrected chi connectivity index (χ2v) is 32.5. The Kier molecular flexibility index (Phi) is 29.7. The highest BCUT2D eigenvalue weighted by atomic mass is 32.2. The molecule has 0 aliphatic carbocycles. The average molecular weight is 1670 g/mol. The van der Waals surface area contributed by atoms with Crippen molar-refractivity contribution in [3.63, 3.8) is 0 Å². The number of phenols is 1. The number of aromatic nitrogens is 6. The van der Waals surface area contributed by atoms with E-state index in [-0.39, 0.29) is 83.8 Å². The van der Waals surface area contributed by atoms with Crippen molar-refractivity contribution in [1.82, 2.24) is 43.8 Å². The molecule has 10 aromatic rings. The zero-order chi connectivity index (χ0) is 85.7. The molecule has 632 valence electrons. The summed E-state index contributed by atoms with van der Waals surface area (Å²) in [5, 5.41) is 14.9. The van der Waals surface area contributed by atoms with Crippen molar-refractivity contribution in [1.29, 1.82) is 0 Å². The summed E-state index contributed by atoms with van der Waals surface area (Å²) in [4.78, 5) is 76.9. The van der Waals surface area contributed by atoms with E-state index in [1.54, 1.807) is 95.0 Å². The highest BCUT2D eigenvalue weighted by Gasteiger charge is 2.39. The molecule has 3 aliphatic rings. The van der Waals surface area contributed by atoms with Crippen LogP contribution in [0.5, 0.6) is 17.2 Å². The number of fused-ring (bicyclic) bond motifs is 3. The lowest BCUT2D eigenvalue weighted by Crippen LogP contribution is -2.50. The van der Waals surface area contributed by atoms with E-state index in [2.05, 4.69) is 20.3 Å². The lowest BCUT2D eigenvalue weighted by atomic mass is 10.0. The highest BCUT2D eigenvalue weighted by Crippen LogP contribution is 2.38. The fourth-order valence-electron chi connectivity index (χ4n) is 13.4. The standard InChI is InChI=1S/C28H32F3N3O4.C23H24F3N3O2.C18H16F2N2O2.C17H24FNO5S/c1-5-6-10-33-15-20(18-7-9-32-14-19(18)26(33)35)17-12-21(29)25(22(30)13-17)37-24-8-11-34(16-23(24)31)27(36)38-28(2,3)4;1-2-3-8-29-13-17(15-4-6-27-11-16(15)23(29)30)14-9-18(24)22(19(25)10-14)31-21-5-7-28-12-20(21)26;1-2-3-6-22-10-14(11-7-15(19)17(23)16(20)8-11)12-4-5-21-9-13(12)18(22)24;1-12-5-7-13(8-6-12)25(21,22)24-15-9-10-19(11-14(15)18)16(20)23-17(2,3)4/h7,9,12-15,23-24H,5-6,8,10-11,16H2,1-4H3;4,6,9-11,13,20-21,28H,2-3,5,7-8,12H2,1H3;4-5,7-10,23H,2-3,6H2,1H3;5-8,14-15H,9-11H2,1-4H3/t23-,24-;20-,21-;;14-,15+/m11.1/s1. The summed E-state index contributed by atoms with van der Waals surface area (Å²) in [6.45, 7) is 20.0. The van der Waals surface area contributed by atoms with Crippen LogP contribution < -0.4 is 31.5 Å². The minimum atomic E-state index is -4.05. The summed E-state index contributed by atoms with van der Waals surface area (Å²) in [5.41, 5.74) is 1.14. The van der Waals surface area contributed by atoms with Gasteiger partial charge >= 0.3 is 12.2 Å². The number of unbranched alkanes of at least 4 members (excludes halogenated alkanes) is 3. The minimum Gasteiger partial charge on any atom is -0.503 e. The summed E-state index contributed by atoms with van der Waals surface area (Å²) in [5.74, 6) is -8.16. The Morgan fingerprint density at radius 3 is 1.19 bits per heavy atom. The molecule has 2 amide bonds. The molecule has 3 fully saturated rings. The maximum Gasteiger partial charge on any atom is 0.410 e. The van der Waals surface area contributed by atoms with E-state index in [1.165, 1.54) is 68.2 Å². The van der Waals surface area contributed by atoms with Crippen molar-refractivity contribution in [2.45, 2.75) is 200 Å². The van der Waals surface area contributed by atoms with Gasteiger partial charge in [-0.2, -0.15) is 8.42 Å². The quantitative estimate of drug-likeness (QED) is 0.0563. The third-order valence-corrected chi connectivity index (χ3v) is 20.9. The van der Waals surface area contributed by atoms with Crippen molar-refractivity contribution in [3.8, 4) is 50.6 Å². The molecule has 0 saturated carbocycles. The molecule has 6 atom stereocenters. The van der Waals surface area contributed by atoms with Crippen LogP contribution in [0.3, 0.4) is 0 Å². The number of ether oxygens (including phenoxy) is 4. The lowest BCUT2D eigenvalue weighted by Gasteiger charge is -2.35. The van der Waals surface area contributed by atoms with E-state index in [0.29, 0.717) is 81.6 Å². The molecule has 4 aromatic carbocycles. The van der Waals surface area contributed by atoms with Crippen LogP contribution >= 0.6 is 0 Å². The van der Waals surface area contributed by atoms with Crippen LogP contribution in [0.4, 0.5) is 49.1 Å². The number of aromatic hydroxyl groups is 1. The van der Waals surface area contributed by atoms with Gasteiger partial charge in [-0.1, -0.05) is 57.7 Å². The molecule has 9 heterocycles. The fourth-order valence-corrected chi connectivity index (χ4v) is 14.5. The Morgan fingerprint density at radius 2 is 0.847 bits per heavy atom. The van der Waals surface area contributed by atoms with Gasteiger partial charge in [0, 0.05) is 118 Å². The van der Waals surface area contributed by atoms with Gasteiger partial charge in [-0.15, -0.1) is 0 Å². The molecule has 0 unspecified atom stereocenters. The predicted molar refractivity (Wildman–Crippen MR) is 430 cm³/mol. The third-order valence-electron chi connectivity index (χ3n) is 19.6. The number of carbonyl (C=O) groups is 2. The van der Waals surface area contributed by atoms with Gasteiger partial charge in [0.1, 0.15) is 41.9 Å². The molecule has 3 aliphatic heterocycles. The van der Waals surface area contributed by atoms with Crippen LogP contribution in [0.2, 0.25) is 0 Å². The molecule has 0 radical (unpaired) electrons. The Hall–Kier alpha value is -10.9. The third kappa shape index (κ3) is 22.3. The van der Waals surface area contributed by atoms with Gasteiger partial charge in [-0.3, -0.25) is 33.5 Å². The molecule has 13 rings (SSSR count). The zero-order valence-electron chi connectivity index (χ0n) is 67.1. The van der Waals surface area contributed by atoms with Gasteiger partial charge in [0.05, 0.1) is 34.1 Å². The number of nitrogens with one attached hydrogen (secondary N) is 1. The molecule has 0 bridgehead atoms. The van der Waals surface area contributed by atoms with Gasteiger partial charge in [-0.25, -0.2) is 49.1 Å². The van der Waals surface area contributed by atoms with Gasteiger partial charge < -0.3 is 52.9 Å². The van der Waals surface area contributed by atoms with E-state index >= 15 is 8.78 Å². The number of carbonyl (C=O) groups excluding carboxylic acids is 2. The number of hydrogen-bond acceptors (Lipinski definition) is 17. The summed E-state index contributed by atoms with van der Waals surface area (Å²) < 4.78 is 186. The summed E-state index contributed by atoms with van der Waals surface area (Å²) >= 11 is 0. The van der Waals surface area contributed by atoms with Gasteiger partial charge in [0.2, 0.25) is 0 Å². The second kappa shape index (κ2) is 39.1. The number of pyridine rings is 6. The Labute approximate surface area is 676 Å². The number of rotatable bonds is 19. The van der Waals surface area contributed by atoms with Crippen LogP contribution in [-0.2, 0) is 43.4 Å². The van der Waals surface area contributed by atoms with Crippen molar-refractivity contribution in [3.05, 3.63) is 206 Å². The number of piperidine rings is 3. The van der Waals surface area contributed by atoms with Crippen LogP contribution in [0.15, 0.2) is 154 Å².